The quantitative estimate of drug-likeness (QED) is 0.498. The molecule has 8 heteroatoms. The minimum atomic E-state index is -4.01. The van der Waals surface area contributed by atoms with Gasteiger partial charge in [-0.25, -0.2) is 4.79 Å². The molecule has 1 aliphatic rings. The first kappa shape index (κ1) is 22.8. The molecule has 1 amide bonds. The Labute approximate surface area is 183 Å². The van der Waals surface area contributed by atoms with Crippen LogP contribution in [0, 0.1) is 13.8 Å². The first-order valence-electron chi connectivity index (χ1n) is 10.3. The van der Waals surface area contributed by atoms with Crippen LogP contribution < -0.4 is 4.18 Å². The second-order valence-electron chi connectivity index (χ2n) is 7.84. The summed E-state index contributed by atoms with van der Waals surface area (Å²) in [4.78, 5) is 26.4. The van der Waals surface area contributed by atoms with E-state index < -0.39 is 16.1 Å². The summed E-state index contributed by atoms with van der Waals surface area (Å²) in [7, 11) is -4.01. The molecule has 166 valence electrons. The minimum Gasteiger partial charge on any atom is -0.452 e. The van der Waals surface area contributed by atoms with Crippen LogP contribution in [0.15, 0.2) is 47.4 Å². The topological polar surface area (TPSA) is 90.0 Å². The monoisotopic (exact) mass is 445 g/mol. The highest BCUT2D eigenvalue weighted by molar-refractivity contribution is 7.87. The zero-order valence-electron chi connectivity index (χ0n) is 18.0. The van der Waals surface area contributed by atoms with Gasteiger partial charge in [-0.15, -0.1) is 0 Å². The summed E-state index contributed by atoms with van der Waals surface area (Å²) in [6.07, 6.45) is 3.00. The number of benzene rings is 2. The van der Waals surface area contributed by atoms with Crippen molar-refractivity contribution in [3.05, 3.63) is 59.2 Å². The van der Waals surface area contributed by atoms with E-state index in [0.29, 0.717) is 12.1 Å². The largest absolute Gasteiger partial charge is 0.452 e. The van der Waals surface area contributed by atoms with Gasteiger partial charge in [0, 0.05) is 12.6 Å². The lowest BCUT2D eigenvalue weighted by molar-refractivity contribution is -0.137. The number of likely N-dealkylation sites (tertiary alicyclic amines) is 1. The number of carbonyl (C=O) groups is 2. The fourth-order valence-corrected chi connectivity index (χ4v) is 4.80. The normalized spacial score (nSPS) is 16.6. The van der Waals surface area contributed by atoms with Gasteiger partial charge in [-0.3, -0.25) is 4.79 Å². The van der Waals surface area contributed by atoms with E-state index in [0.717, 1.165) is 24.8 Å². The Bertz CT molecular complexity index is 1060. The van der Waals surface area contributed by atoms with Crippen LogP contribution in [0.1, 0.15) is 47.7 Å². The van der Waals surface area contributed by atoms with Gasteiger partial charge in [-0.05, 0) is 81.5 Å². The van der Waals surface area contributed by atoms with E-state index in [9.17, 15) is 18.0 Å². The molecule has 1 atom stereocenters. The van der Waals surface area contributed by atoms with Crippen molar-refractivity contribution >= 4 is 22.0 Å². The standard InChI is InChI=1S/C23H27NO6S/c1-16-7-8-17(2)21(14-16)31(27,28)30-20-11-9-19(10-12-20)23(26)29-15-22(25)24-13-5-4-6-18(24)3/h7-12,14,18H,4-6,13,15H2,1-3H3. The van der Waals surface area contributed by atoms with E-state index >= 15 is 0 Å². The zero-order valence-corrected chi connectivity index (χ0v) is 18.8. The smallest absolute Gasteiger partial charge is 0.339 e. The van der Waals surface area contributed by atoms with Crippen LogP contribution in [-0.4, -0.2) is 44.4 Å². The molecular formula is C23H27NO6S. The van der Waals surface area contributed by atoms with Gasteiger partial charge in [-0.1, -0.05) is 12.1 Å². The third-order valence-electron chi connectivity index (χ3n) is 5.36. The van der Waals surface area contributed by atoms with Crippen LogP contribution in [0.25, 0.3) is 0 Å². The molecular weight excluding hydrogens is 418 g/mol. The fourth-order valence-electron chi connectivity index (χ4n) is 3.56. The first-order chi connectivity index (χ1) is 14.7. The number of rotatable bonds is 6. The molecule has 2 aromatic rings. The number of amides is 1. The second kappa shape index (κ2) is 9.51. The van der Waals surface area contributed by atoms with Gasteiger partial charge < -0.3 is 13.8 Å². The number of esters is 1. The number of ether oxygens (including phenoxy) is 1. The number of hydrogen-bond acceptors (Lipinski definition) is 6. The summed E-state index contributed by atoms with van der Waals surface area (Å²) < 4.78 is 35.5. The molecule has 2 aromatic carbocycles. The summed E-state index contributed by atoms with van der Waals surface area (Å²) in [5.41, 5.74) is 1.59. The van der Waals surface area contributed by atoms with Crippen LogP contribution in [-0.2, 0) is 19.6 Å². The molecule has 0 saturated carbocycles. The average molecular weight is 446 g/mol. The Morgan fingerprint density at radius 2 is 1.77 bits per heavy atom. The molecule has 1 fully saturated rings. The number of aryl methyl sites for hydroxylation is 2. The van der Waals surface area contributed by atoms with E-state index in [1.807, 2.05) is 13.0 Å². The van der Waals surface area contributed by atoms with Crippen molar-refractivity contribution in [3.63, 3.8) is 0 Å². The maximum Gasteiger partial charge on any atom is 0.339 e. The Kier molecular flexibility index (Phi) is 7.00. The number of piperidine rings is 1. The van der Waals surface area contributed by atoms with Gasteiger partial charge in [0.2, 0.25) is 0 Å². The zero-order chi connectivity index (χ0) is 22.6. The lowest BCUT2D eigenvalue weighted by Crippen LogP contribution is -2.44. The van der Waals surface area contributed by atoms with E-state index in [1.54, 1.807) is 30.9 Å². The molecule has 0 aliphatic carbocycles. The van der Waals surface area contributed by atoms with Crippen LogP contribution in [0.3, 0.4) is 0 Å². The van der Waals surface area contributed by atoms with Crippen molar-refractivity contribution in [1.29, 1.82) is 0 Å². The van der Waals surface area contributed by atoms with Crippen LogP contribution in [0.4, 0.5) is 0 Å². The van der Waals surface area contributed by atoms with Gasteiger partial charge >= 0.3 is 16.1 Å². The van der Waals surface area contributed by atoms with Crippen molar-refractivity contribution in [2.24, 2.45) is 0 Å². The van der Waals surface area contributed by atoms with Crippen molar-refractivity contribution in [1.82, 2.24) is 4.90 Å². The predicted molar refractivity (Wildman–Crippen MR) is 115 cm³/mol. The first-order valence-corrected chi connectivity index (χ1v) is 11.7. The average Bonchev–Trinajstić information content (AvgIpc) is 2.74. The van der Waals surface area contributed by atoms with E-state index in [2.05, 4.69) is 0 Å². The minimum absolute atomic E-state index is 0.0793. The molecule has 0 aromatic heterocycles. The maximum atomic E-state index is 12.6. The Morgan fingerprint density at radius 1 is 1.06 bits per heavy atom. The summed E-state index contributed by atoms with van der Waals surface area (Å²) in [6.45, 7) is 5.85. The highest BCUT2D eigenvalue weighted by Gasteiger charge is 2.24. The number of nitrogens with zero attached hydrogens (tertiary/aromatic N) is 1. The molecule has 0 spiro atoms. The molecule has 31 heavy (non-hydrogen) atoms. The predicted octanol–water partition coefficient (Wildman–Crippen LogP) is 3.63. The van der Waals surface area contributed by atoms with Gasteiger partial charge in [0.15, 0.2) is 6.61 Å². The molecule has 7 nitrogen and oxygen atoms in total. The fraction of sp³-hybridized carbons (Fsp3) is 0.391. The van der Waals surface area contributed by atoms with Gasteiger partial charge in [-0.2, -0.15) is 8.42 Å². The van der Waals surface area contributed by atoms with Gasteiger partial charge in [0.25, 0.3) is 5.91 Å². The lowest BCUT2D eigenvalue weighted by Gasteiger charge is -2.33. The van der Waals surface area contributed by atoms with E-state index in [1.165, 1.54) is 24.3 Å². The van der Waals surface area contributed by atoms with Crippen molar-refractivity contribution in [2.45, 2.75) is 51.0 Å². The Balaban J connectivity index is 1.61. The van der Waals surface area contributed by atoms with Crippen molar-refractivity contribution < 1.29 is 26.9 Å². The third-order valence-corrected chi connectivity index (χ3v) is 6.75. The Hall–Kier alpha value is -2.87. The molecule has 0 N–H and O–H groups in total. The third kappa shape index (κ3) is 5.64. The van der Waals surface area contributed by atoms with E-state index in [4.69, 9.17) is 8.92 Å². The van der Waals surface area contributed by atoms with Gasteiger partial charge in [0.1, 0.15) is 10.6 Å². The van der Waals surface area contributed by atoms with Gasteiger partial charge in [0.05, 0.1) is 5.56 Å². The summed E-state index contributed by atoms with van der Waals surface area (Å²) in [5.74, 6) is -0.780. The molecule has 1 heterocycles. The SMILES string of the molecule is Cc1ccc(C)c(S(=O)(=O)Oc2ccc(C(=O)OCC(=O)N3CCCCC3C)cc2)c1. The van der Waals surface area contributed by atoms with E-state index in [-0.39, 0.29) is 34.8 Å². The Morgan fingerprint density at radius 3 is 2.45 bits per heavy atom. The summed E-state index contributed by atoms with van der Waals surface area (Å²) in [6, 6.07) is 10.8. The van der Waals surface area contributed by atoms with Crippen LogP contribution >= 0.6 is 0 Å². The molecule has 1 aliphatic heterocycles. The molecule has 1 saturated heterocycles. The number of carbonyl (C=O) groups excluding carboxylic acids is 2. The number of hydrogen-bond donors (Lipinski definition) is 0. The molecule has 0 bridgehead atoms. The van der Waals surface area contributed by atoms with Crippen molar-refractivity contribution in [2.75, 3.05) is 13.2 Å². The van der Waals surface area contributed by atoms with Crippen molar-refractivity contribution in [3.8, 4) is 5.75 Å². The summed E-state index contributed by atoms with van der Waals surface area (Å²) >= 11 is 0. The highest BCUT2D eigenvalue weighted by Crippen LogP contribution is 2.23. The molecule has 3 rings (SSSR count). The second-order valence-corrected chi connectivity index (χ2v) is 9.35. The van der Waals surface area contributed by atoms with Crippen LogP contribution in [0.2, 0.25) is 0 Å². The lowest BCUT2D eigenvalue weighted by atomic mass is 10.0. The maximum absolute atomic E-state index is 12.6. The molecule has 1 unspecified atom stereocenters. The van der Waals surface area contributed by atoms with Crippen LogP contribution in [0.5, 0.6) is 5.75 Å². The molecule has 0 radical (unpaired) electrons. The highest BCUT2D eigenvalue weighted by atomic mass is 32.2. The summed E-state index contributed by atoms with van der Waals surface area (Å²) in [5, 5.41) is 0.